The summed E-state index contributed by atoms with van der Waals surface area (Å²) in [4.78, 5) is 32.0. The van der Waals surface area contributed by atoms with E-state index in [0.29, 0.717) is 21.1 Å². The zero-order chi connectivity index (χ0) is 23.8. The number of pyridine rings is 1. The summed E-state index contributed by atoms with van der Waals surface area (Å²) < 4.78 is 5.03. The fourth-order valence-corrected chi connectivity index (χ4v) is 6.31. The van der Waals surface area contributed by atoms with E-state index in [1.165, 1.54) is 41.8 Å². The number of amides is 1. The van der Waals surface area contributed by atoms with Crippen molar-refractivity contribution in [3.05, 3.63) is 63.0 Å². The second-order valence-corrected chi connectivity index (χ2v) is 10.4. The molecule has 0 unspecified atom stereocenters. The number of nitrogens with one attached hydrogen (secondary N) is 1. The van der Waals surface area contributed by atoms with Gasteiger partial charge in [0.15, 0.2) is 0 Å². The van der Waals surface area contributed by atoms with E-state index < -0.39 is 5.97 Å². The lowest BCUT2D eigenvalue weighted by atomic mass is 10.0. The first-order chi connectivity index (χ1) is 16.5. The van der Waals surface area contributed by atoms with Crippen molar-refractivity contribution in [3.8, 4) is 11.1 Å². The highest BCUT2D eigenvalue weighted by molar-refractivity contribution is 7.21. The van der Waals surface area contributed by atoms with Gasteiger partial charge in [-0.25, -0.2) is 9.78 Å². The molecule has 3 N–H and O–H groups in total. The molecule has 34 heavy (non-hydrogen) atoms. The van der Waals surface area contributed by atoms with Gasteiger partial charge in [-0.05, 0) is 49.8 Å². The molecule has 0 radical (unpaired) electrons. The predicted octanol–water partition coefficient (Wildman–Crippen LogP) is 6.22. The van der Waals surface area contributed by atoms with Crippen LogP contribution in [0, 0.1) is 6.92 Å². The Balaban J connectivity index is 1.50. The minimum atomic E-state index is -0.498. The summed E-state index contributed by atoms with van der Waals surface area (Å²) in [5, 5.41) is 6.03. The van der Waals surface area contributed by atoms with E-state index in [0.717, 1.165) is 58.3 Å². The van der Waals surface area contributed by atoms with Crippen molar-refractivity contribution >= 4 is 55.5 Å². The van der Waals surface area contributed by atoms with Crippen LogP contribution in [0.4, 0.5) is 10.7 Å². The van der Waals surface area contributed by atoms with Gasteiger partial charge in [0.25, 0.3) is 5.91 Å². The number of nitrogens with zero attached hydrogens (tertiary/aromatic N) is 1. The lowest BCUT2D eigenvalue weighted by Crippen LogP contribution is -2.14. The number of fused-ring (bicyclic) bond motifs is 2. The van der Waals surface area contributed by atoms with E-state index >= 15 is 0 Å². The minimum Gasteiger partial charge on any atom is -0.465 e. The number of carbonyl (C=O) groups excluding carboxylic acids is 2. The van der Waals surface area contributed by atoms with Crippen LogP contribution in [0.1, 0.15) is 56.1 Å². The van der Waals surface area contributed by atoms with Crippen LogP contribution < -0.4 is 11.1 Å². The Bertz CT molecular complexity index is 1400. The van der Waals surface area contributed by atoms with Gasteiger partial charge < -0.3 is 15.8 Å². The number of thiophene rings is 2. The second kappa shape index (κ2) is 9.19. The Morgan fingerprint density at radius 1 is 1.12 bits per heavy atom. The number of methoxy groups -OCH3 is 1. The fourth-order valence-electron chi connectivity index (χ4n) is 4.36. The zero-order valence-corrected chi connectivity index (χ0v) is 20.7. The number of carbonyl (C=O) groups is 2. The molecule has 5 rings (SSSR count). The molecule has 1 aliphatic carbocycles. The van der Waals surface area contributed by atoms with Gasteiger partial charge in [-0.1, -0.05) is 36.2 Å². The van der Waals surface area contributed by atoms with Gasteiger partial charge in [0, 0.05) is 22.0 Å². The topological polar surface area (TPSA) is 94.3 Å². The Kier molecular flexibility index (Phi) is 6.10. The number of benzene rings is 1. The molecule has 0 saturated carbocycles. The molecule has 3 heterocycles. The lowest BCUT2D eigenvalue weighted by Gasteiger charge is -2.08. The number of anilines is 2. The molecule has 174 valence electrons. The molecule has 1 amide bonds. The van der Waals surface area contributed by atoms with E-state index in [4.69, 9.17) is 15.5 Å². The molecular formula is C26H25N3O3S2. The molecule has 0 aliphatic heterocycles. The maximum absolute atomic E-state index is 13.3. The summed E-state index contributed by atoms with van der Waals surface area (Å²) in [6.07, 6.45) is 5.45. The van der Waals surface area contributed by atoms with Crippen molar-refractivity contribution in [2.24, 2.45) is 0 Å². The van der Waals surface area contributed by atoms with E-state index in [9.17, 15) is 9.59 Å². The van der Waals surface area contributed by atoms with Gasteiger partial charge in [0.2, 0.25) is 0 Å². The number of hydrogen-bond donors (Lipinski definition) is 2. The van der Waals surface area contributed by atoms with Crippen LogP contribution in [0.3, 0.4) is 0 Å². The molecule has 0 fully saturated rings. The molecule has 1 aromatic carbocycles. The van der Waals surface area contributed by atoms with Crippen LogP contribution in [0.25, 0.3) is 21.3 Å². The standard InChI is InChI=1S/C26H25N3O3S2/c1-14-8-10-15(11-9-14)18-13-33-25(20(18)26(31)32-2)29-23(30)22-21(27)17-12-16-6-4-3-5-7-19(16)28-24(17)34-22/h8-13H,3-7,27H2,1-2H3,(H,29,30). The Morgan fingerprint density at radius 2 is 1.88 bits per heavy atom. The van der Waals surface area contributed by atoms with Crippen LogP contribution >= 0.6 is 22.7 Å². The Hall–Kier alpha value is -3.23. The zero-order valence-electron chi connectivity index (χ0n) is 19.1. The third-order valence-corrected chi connectivity index (χ3v) is 8.24. The minimum absolute atomic E-state index is 0.342. The van der Waals surface area contributed by atoms with Crippen molar-refractivity contribution in [3.63, 3.8) is 0 Å². The van der Waals surface area contributed by atoms with Crippen LogP contribution in [0.5, 0.6) is 0 Å². The van der Waals surface area contributed by atoms with Gasteiger partial charge in [-0.3, -0.25) is 4.79 Å². The lowest BCUT2D eigenvalue weighted by molar-refractivity contribution is 0.0603. The molecule has 0 spiro atoms. The second-order valence-electron chi connectivity index (χ2n) is 8.52. The number of esters is 1. The average Bonchev–Trinajstić information content (AvgIpc) is 3.30. The fraction of sp³-hybridized carbons (Fsp3) is 0.269. The first kappa shape index (κ1) is 22.6. The number of hydrogen-bond acceptors (Lipinski definition) is 7. The largest absolute Gasteiger partial charge is 0.465 e. The molecule has 3 aromatic heterocycles. The Labute approximate surface area is 205 Å². The highest BCUT2D eigenvalue weighted by Gasteiger charge is 2.25. The van der Waals surface area contributed by atoms with E-state index in [2.05, 4.69) is 11.4 Å². The number of ether oxygens (including phenoxy) is 1. The van der Waals surface area contributed by atoms with Gasteiger partial charge in [-0.2, -0.15) is 0 Å². The number of aryl methyl sites for hydroxylation is 3. The summed E-state index contributed by atoms with van der Waals surface area (Å²) in [6, 6.07) is 9.98. The average molecular weight is 492 g/mol. The summed E-state index contributed by atoms with van der Waals surface area (Å²) in [5.41, 5.74) is 12.3. The molecule has 8 heteroatoms. The quantitative estimate of drug-likeness (QED) is 0.261. The predicted molar refractivity (Wildman–Crippen MR) is 139 cm³/mol. The van der Waals surface area contributed by atoms with Crippen molar-refractivity contribution in [1.82, 2.24) is 4.98 Å². The highest BCUT2D eigenvalue weighted by Crippen LogP contribution is 2.39. The van der Waals surface area contributed by atoms with Crippen LogP contribution in [0.15, 0.2) is 35.7 Å². The molecule has 0 bridgehead atoms. The molecule has 1 aliphatic rings. The summed E-state index contributed by atoms with van der Waals surface area (Å²) in [6.45, 7) is 2.01. The first-order valence-corrected chi connectivity index (χ1v) is 12.9. The van der Waals surface area contributed by atoms with Gasteiger partial charge in [0.1, 0.15) is 20.3 Å². The number of nitrogen functional groups attached to an aromatic ring is 1. The van der Waals surface area contributed by atoms with E-state index in [1.54, 1.807) is 0 Å². The number of nitrogens with two attached hydrogens (primary N) is 1. The third kappa shape index (κ3) is 4.08. The van der Waals surface area contributed by atoms with Crippen molar-refractivity contribution in [2.75, 3.05) is 18.2 Å². The summed E-state index contributed by atoms with van der Waals surface area (Å²) in [5.74, 6) is -0.847. The van der Waals surface area contributed by atoms with Gasteiger partial charge in [0.05, 0.1) is 12.8 Å². The summed E-state index contributed by atoms with van der Waals surface area (Å²) in [7, 11) is 1.34. The normalized spacial score (nSPS) is 13.4. The van der Waals surface area contributed by atoms with E-state index in [-0.39, 0.29) is 5.91 Å². The highest BCUT2D eigenvalue weighted by atomic mass is 32.1. The van der Waals surface area contributed by atoms with Gasteiger partial charge in [-0.15, -0.1) is 22.7 Å². The molecule has 6 nitrogen and oxygen atoms in total. The number of aromatic nitrogens is 1. The Morgan fingerprint density at radius 3 is 2.65 bits per heavy atom. The molecule has 0 saturated heterocycles. The van der Waals surface area contributed by atoms with Crippen molar-refractivity contribution in [2.45, 2.75) is 39.0 Å². The van der Waals surface area contributed by atoms with Gasteiger partial charge >= 0.3 is 5.97 Å². The van der Waals surface area contributed by atoms with E-state index in [1.807, 2.05) is 36.6 Å². The molecule has 4 aromatic rings. The first-order valence-electron chi connectivity index (χ1n) is 11.2. The van der Waals surface area contributed by atoms with Crippen molar-refractivity contribution in [1.29, 1.82) is 0 Å². The number of rotatable bonds is 4. The maximum Gasteiger partial charge on any atom is 0.341 e. The SMILES string of the molecule is COC(=O)c1c(-c2ccc(C)cc2)csc1NC(=O)c1sc2nc3c(cc2c1N)CCCCC3. The van der Waals surface area contributed by atoms with Crippen LogP contribution in [-0.2, 0) is 17.6 Å². The third-order valence-electron chi connectivity index (χ3n) is 6.23. The van der Waals surface area contributed by atoms with Crippen LogP contribution in [-0.4, -0.2) is 24.0 Å². The van der Waals surface area contributed by atoms with Crippen LogP contribution in [0.2, 0.25) is 0 Å². The smallest absolute Gasteiger partial charge is 0.341 e. The molecule has 0 atom stereocenters. The molecular weight excluding hydrogens is 466 g/mol. The monoisotopic (exact) mass is 491 g/mol. The maximum atomic E-state index is 13.3. The summed E-state index contributed by atoms with van der Waals surface area (Å²) >= 11 is 2.59. The van der Waals surface area contributed by atoms with Crippen molar-refractivity contribution < 1.29 is 14.3 Å².